The molecule has 2 heterocycles. The minimum atomic E-state index is 0.836. The van der Waals surface area contributed by atoms with Gasteiger partial charge in [0, 0.05) is 31.0 Å². The molecule has 4 heteroatoms. The first-order valence-electron chi connectivity index (χ1n) is 7.09. The van der Waals surface area contributed by atoms with Crippen LogP contribution >= 0.6 is 0 Å². The molecular weight excluding hydrogens is 224 g/mol. The van der Waals surface area contributed by atoms with Gasteiger partial charge >= 0.3 is 0 Å². The normalized spacial score (nSPS) is 21.3. The second-order valence-corrected chi connectivity index (χ2v) is 5.61. The van der Waals surface area contributed by atoms with E-state index in [0.717, 1.165) is 36.7 Å². The molecule has 0 unspecified atom stereocenters. The summed E-state index contributed by atoms with van der Waals surface area (Å²) in [7, 11) is 0. The van der Waals surface area contributed by atoms with Crippen molar-refractivity contribution >= 4 is 5.95 Å². The maximum atomic E-state index is 4.51. The summed E-state index contributed by atoms with van der Waals surface area (Å²) in [5, 5.41) is 3.64. The van der Waals surface area contributed by atoms with Crippen LogP contribution in [0.4, 0.5) is 5.95 Å². The zero-order valence-electron chi connectivity index (χ0n) is 11.1. The molecule has 98 valence electrons. The molecule has 0 aromatic carbocycles. The van der Waals surface area contributed by atoms with Crippen LogP contribution in [0, 0.1) is 12.8 Å². The second kappa shape index (κ2) is 5.22. The van der Waals surface area contributed by atoms with E-state index in [4.69, 9.17) is 0 Å². The van der Waals surface area contributed by atoms with Crippen LogP contribution in [0.3, 0.4) is 0 Å². The largest absolute Gasteiger partial charge is 0.341 e. The van der Waals surface area contributed by atoms with Crippen molar-refractivity contribution in [3.8, 4) is 0 Å². The van der Waals surface area contributed by atoms with Gasteiger partial charge in [0.05, 0.1) is 0 Å². The summed E-state index contributed by atoms with van der Waals surface area (Å²) in [4.78, 5) is 11.2. The number of rotatable bonds is 4. The lowest BCUT2D eigenvalue weighted by Gasteiger charge is -2.32. The van der Waals surface area contributed by atoms with E-state index in [1.54, 1.807) is 0 Å². The van der Waals surface area contributed by atoms with Crippen molar-refractivity contribution in [3.63, 3.8) is 0 Å². The lowest BCUT2D eigenvalue weighted by atomic mass is 9.97. The molecule has 18 heavy (non-hydrogen) atoms. The zero-order valence-corrected chi connectivity index (χ0v) is 11.1. The number of piperidine rings is 1. The molecule has 4 nitrogen and oxygen atoms in total. The number of hydrogen-bond donors (Lipinski definition) is 1. The average molecular weight is 246 g/mol. The van der Waals surface area contributed by atoms with E-state index < -0.39 is 0 Å². The van der Waals surface area contributed by atoms with Crippen LogP contribution < -0.4 is 10.2 Å². The fraction of sp³-hybridized carbons (Fsp3) is 0.714. The molecule has 2 fully saturated rings. The highest BCUT2D eigenvalue weighted by molar-refractivity contribution is 5.30. The Morgan fingerprint density at radius 1 is 1.28 bits per heavy atom. The standard InChI is InChI=1S/C14H22N4/c1-11-4-7-15-14(17-11)18-8-5-12(6-9-18)10-16-13-2-3-13/h4,7,12-13,16H,2-3,5-6,8-10H2,1H3. The minimum absolute atomic E-state index is 0.836. The maximum absolute atomic E-state index is 4.51. The molecule has 0 bridgehead atoms. The fourth-order valence-electron chi connectivity index (χ4n) is 2.55. The Hall–Kier alpha value is -1.16. The number of nitrogens with zero attached hydrogens (tertiary/aromatic N) is 3. The van der Waals surface area contributed by atoms with Crippen LogP contribution in [0.1, 0.15) is 31.4 Å². The number of nitrogens with one attached hydrogen (secondary N) is 1. The number of anilines is 1. The molecule has 1 saturated heterocycles. The van der Waals surface area contributed by atoms with Gasteiger partial charge in [-0.05, 0) is 51.1 Å². The molecule has 2 aliphatic rings. The van der Waals surface area contributed by atoms with Crippen molar-refractivity contribution in [3.05, 3.63) is 18.0 Å². The van der Waals surface area contributed by atoms with E-state index in [0.29, 0.717) is 0 Å². The van der Waals surface area contributed by atoms with Crippen molar-refractivity contribution in [1.82, 2.24) is 15.3 Å². The molecule has 1 aromatic rings. The van der Waals surface area contributed by atoms with Gasteiger partial charge in [0.25, 0.3) is 0 Å². The summed E-state index contributed by atoms with van der Waals surface area (Å²) >= 11 is 0. The van der Waals surface area contributed by atoms with Crippen LogP contribution in [0.15, 0.2) is 12.3 Å². The highest BCUT2D eigenvalue weighted by Gasteiger charge is 2.24. The van der Waals surface area contributed by atoms with Gasteiger partial charge in [0.2, 0.25) is 5.95 Å². The third-order valence-corrected chi connectivity index (χ3v) is 3.95. The Kier molecular flexibility index (Phi) is 3.46. The van der Waals surface area contributed by atoms with E-state index in [9.17, 15) is 0 Å². The van der Waals surface area contributed by atoms with Crippen molar-refractivity contribution in [1.29, 1.82) is 0 Å². The Morgan fingerprint density at radius 2 is 2.06 bits per heavy atom. The molecule has 0 atom stereocenters. The molecule has 1 aromatic heterocycles. The van der Waals surface area contributed by atoms with E-state index in [-0.39, 0.29) is 0 Å². The van der Waals surface area contributed by atoms with Gasteiger partial charge < -0.3 is 10.2 Å². The lowest BCUT2D eigenvalue weighted by Crippen LogP contribution is -2.38. The van der Waals surface area contributed by atoms with Gasteiger partial charge in [-0.3, -0.25) is 0 Å². The maximum Gasteiger partial charge on any atom is 0.225 e. The van der Waals surface area contributed by atoms with E-state index >= 15 is 0 Å². The molecule has 0 spiro atoms. The molecular formula is C14H22N4. The summed E-state index contributed by atoms with van der Waals surface area (Å²) in [5.41, 5.74) is 1.05. The quantitative estimate of drug-likeness (QED) is 0.879. The highest BCUT2D eigenvalue weighted by atomic mass is 15.2. The topological polar surface area (TPSA) is 41.1 Å². The van der Waals surface area contributed by atoms with E-state index in [1.807, 2.05) is 19.2 Å². The molecule has 1 aliphatic carbocycles. The van der Waals surface area contributed by atoms with Crippen molar-refractivity contribution < 1.29 is 0 Å². The van der Waals surface area contributed by atoms with E-state index in [1.165, 1.54) is 32.2 Å². The van der Waals surface area contributed by atoms with Crippen molar-refractivity contribution in [2.75, 3.05) is 24.5 Å². The summed E-state index contributed by atoms with van der Waals surface area (Å²) in [6.07, 6.45) is 7.15. The number of hydrogen-bond acceptors (Lipinski definition) is 4. The Labute approximate surface area is 109 Å². The second-order valence-electron chi connectivity index (χ2n) is 5.61. The summed E-state index contributed by atoms with van der Waals surface area (Å²) in [6, 6.07) is 2.79. The van der Waals surface area contributed by atoms with Gasteiger partial charge in [-0.25, -0.2) is 9.97 Å². The summed E-state index contributed by atoms with van der Waals surface area (Å²) in [5.74, 6) is 1.75. The first-order valence-corrected chi connectivity index (χ1v) is 7.09. The molecule has 1 N–H and O–H groups in total. The summed E-state index contributed by atoms with van der Waals surface area (Å²) in [6.45, 7) is 5.42. The van der Waals surface area contributed by atoms with Gasteiger partial charge in [0.1, 0.15) is 0 Å². The number of aryl methyl sites for hydroxylation is 1. The fourth-order valence-corrected chi connectivity index (χ4v) is 2.55. The monoisotopic (exact) mass is 246 g/mol. The Bertz CT molecular complexity index is 395. The predicted molar refractivity (Wildman–Crippen MR) is 72.7 cm³/mol. The number of aromatic nitrogens is 2. The molecule has 1 saturated carbocycles. The molecule has 0 radical (unpaired) electrons. The van der Waals surface area contributed by atoms with Crippen LogP contribution in [-0.4, -0.2) is 35.6 Å². The van der Waals surface area contributed by atoms with Gasteiger partial charge in [0.15, 0.2) is 0 Å². The van der Waals surface area contributed by atoms with Gasteiger partial charge in [-0.15, -0.1) is 0 Å². The highest BCUT2D eigenvalue weighted by Crippen LogP contribution is 2.23. The third kappa shape index (κ3) is 2.99. The smallest absolute Gasteiger partial charge is 0.225 e. The van der Waals surface area contributed by atoms with Crippen LogP contribution in [-0.2, 0) is 0 Å². The third-order valence-electron chi connectivity index (χ3n) is 3.95. The molecule has 1 aliphatic heterocycles. The average Bonchev–Trinajstić information content (AvgIpc) is 3.21. The first-order chi connectivity index (χ1) is 8.81. The molecule has 0 amide bonds. The van der Waals surface area contributed by atoms with Crippen LogP contribution in [0.5, 0.6) is 0 Å². The van der Waals surface area contributed by atoms with Gasteiger partial charge in [-0.2, -0.15) is 0 Å². The van der Waals surface area contributed by atoms with Crippen LogP contribution in [0.25, 0.3) is 0 Å². The minimum Gasteiger partial charge on any atom is -0.341 e. The van der Waals surface area contributed by atoms with Gasteiger partial charge in [-0.1, -0.05) is 0 Å². The summed E-state index contributed by atoms with van der Waals surface area (Å²) < 4.78 is 0. The van der Waals surface area contributed by atoms with Crippen molar-refractivity contribution in [2.24, 2.45) is 5.92 Å². The van der Waals surface area contributed by atoms with Crippen LogP contribution in [0.2, 0.25) is 0 Å². The SMILES string of the molecule is Cc1ccnc(N2CCC(CNC3CC3)CC2)n1. The predicted octanol–water partition coefficient (Wildman–Crippen LogP) is 1.75. The van der Waals surface area contributed by atoms with E-state index in [2.05, 4.69) is 20.2 Å². The zero-order chi connectivity index (χ0) is 12.4. The first kappa shape index (κ1) is 11.9. The Morgan fingerprint density at radius 3 is 2.72 bits per heavy atom. The Balaban J connectivity index is 1.49. The van der Waals surface area contributed by atoms with Crippen molar-refractivity contribution in [2.45, 2.75) is 38.6 Å². The molecule has 3 rings (SSSR count). The lowest BCUT2D eigenvalue weighted by molar-refractivity contribution is 0.379.